The Labute approximate surface area is 168 Å². The molecule has 0 bridgehead atoms. The molecule has 3 atom stereocenters. The zero-order chi connectivity index (χ0) is 20.5. The van der Waals surface area contributed by atoms with Crippen molar-refractivity contribution in [1.29, 1.82) is 0 Å². The fourth-order valence-electron chi connectivity index (χ4n) is 3.55. The van der Waals surface area contributed by atoms with Gasteiger partial charge < -0.3 is 24.7 Å². The van der Waals surface area contributed by atoms with E-state index in [9.17, 15) is 15.0 Å². The molecule has 0 spiro atoms. The zero-order valence-corrected chi connectivity index (χ0v) is 17.1. The Morgan fingerprint density at radius 3 is 2.79 bits per heavy atom. The van der Waals surface area contributed by atoms with E-state index in [1.54, 1.807) is 0 Å². The number of rotatable bonds is 10. The monoisotopic (exact) mass is 393 g/mol. The molecule has 0 aromatic rings. The molecule has 158 valence electrons. The van der Waals surface area contributed by atoms with Crippen LogP contribution in [0.15, 0.2) is 36.1 Å². The van der Waals surface area contributed by atoms with Gasteiger partial charge in [-0.2, -0.15) is 0 Å². The van der Waals surface area contributed by atoms with Crippen molar-refractivity contribution in [3.05, 3.63) is 36.1 Å². The number of hydrogen-bond donors (Lipinski definition) is 3. The lowest BCUT2D eigenvalue weighted by Crippen LogP contribution is -2.52. The Balaban J connectivity index is 1.94. The third kappa shape index (κ3) is 7.05. The van der Waals surface area contributed by atoms with Crippen LogP contribution in [0.25, 0.3) is 0 Å². The Morgan fingerprint density at radius 1 is 1.43 bits per heavy atom. The van der Waals surface area contributed by atoms with Crippen molar-refractivity contribution in [3.8, 4) is 0 Å². The highest BCUT2D eigenvalue weighted by Gasteiger charge is 2.33. The molecule has 0 unspecified atom stereocenters. The minimum absolute atomic E-state index is 0.219. The molecule has 7 heteroatoms. The number of carbonyl (C=O) groups is 1. The molecule has 28 heavy (non-hydrogen) atoms. The minimum atomic E-state index is -1.18. The number of aliphatic hydroxyl groups excluding tert-OH is 1. The molecule has 1 heterocycles. The van der Waals surface area contributed by atoms with Crippen LogP contribution in [0.1, 0.15) is 32.6 Å². The van der Waals surface area contributed by atoms with E-state index in [1.807, 2.05) is 18.2 Å². The number of aliphatic carboxylic acids is 1. The van der Waals surface area contributed by atoms with Gasteiger partial charge in [-0.3, -0.25) is 10.1 Å². The minimum Gasteiger partial charge on any atom is -0.481 e. The van der Waals surface area contributed by atoms with Gasteiger partial charge in [-0.05, 0) is 31.9 Å². The van der Waals surface area contributed by atoms with Crippen molar-refractivity contribution in [2.45, 2.75) is 45.1 Å². The van der Waals surface area contributed by atoms with Gasteiger partial charge >= 0.3 is 5.97 Å². The van der Waals surface area contributed by atoms with E-state index in [2.05, 4.69) is 35.7 Å². The highest BCUT2D eigenvalue weighted by molar-refractivity contribution is 5.70. The highest BCUT2D eigenvalue weighted by Crippen LogP contribution is 2.27. The molecular weight excluding hydrogens is 358 g/mol. The molecule has 0 aromatic heterocycles. The fraction of sp³-hybridized carbons (Fsp3) is 0.667. The largest absolute Gasteiger partial charge is 0.481 e. The maximum atomic E-state index is 11.5. The molecule has 3 N–H and O–H groups in total. The molecule has 2 rings (SSSR count). The summed E-state index contributed by atoms with van der Waals surface area (Å²) in [6, 6.07) is -0.253. The van der Waals surface area contributed by atoms with Crippen molar-refractivity contribution in [2.24, 2.45) is 5.92 Å². The number of ether oxygens (including phenoxy) is 1. The second kappa shape index (κ2) is 11.4. The summed E-state index contributed by atoms with van der Waals surface area (Å²) in [6.07, 6.45) is 7.79. The first-order valence-corrected chi connectivity index (χ1v) is 10.2. The van der Waals surface area contributed by atoms with Crippen LogP contribution in [-0.4, -0.2) is 78.3 Å². The second-order valence-electron chi connectivity index (χ2n) is 7.66. The number of nitrogens with one attached hydrogen (secondary N) is 1. The van der Waals surface area contributed by atoms with E-state index >= 15 is 0 Å². The predicted molar refractivity (Wildman–Crippen MR) is 110 cm³/mol. The van der Waals surface area contributed by atoms with E-state index in [0.29, 0.717) is 12.8 Å². The lowest BCUT2D eigenvalue weighted by molar-refractivity contribution is -0.143. The average molecular weight is 394 g/mol. The molecule has 7 nitrogen and oxygen atoms in total. The lowest BCUT2D eigenvalue weighted by Gasteiger charge is -2.41. The normalized spacial score (nSPS) is 25.0. The molecule has 1 aliphatic heterocycles. The summed E-state index contributed by atoms with van der Waals surface area (Å²) in [5.41, 5.74) is 1.85. The van der Waals surface area contributed by atoms with Crippen molar-refractivity contribution in [2.75, 3.05) is 39.8 Å². The Kier molecular flexibility index (Phi) is 9.18. The van der Waals surface area contributed by atoms with Crippen molar-refractivity contribution in [1.82, 2.24) is 15.1 Å². The molecule has 0 saturated carbocycles. The van der Waals surface area contributed by atoms with E-state index in [0.717, 1.165) is 50.3 Å². The van der Waals surface area contributed by atoms with Crippen LogP contribution < -0.4 is 5.32 Å². The SMILES string of the molecule is C=C(/C=C\CCC)CO[C@H](O)N[C@@H]1C[C@H](C(=O)O)CC=C1N1CCN(C)CC1. The average Bonchev–Trinajstić information content (AvgIpc) is 2.67. The Morgan fingerprint density at radius 2 is 2.14 bits per heavy atom. The topological polar surface area (TPSA) is 85.3 Å². The van der Waals surface area contributed by atoms with E-state index < -0.39 is 18.3 Å². The summed E-state index contributed by atoms with van der Waals surface area (Å²) < 4.78 is 5.48. The van der Waals surface area contributed by atoms with Gasteiger partial charge in [0.05, 0.1) is 18.6 Å². The number of aliphatic hydroxyl groups is 1. The van der Waals surface area contributed by atoms with Gasteiger partial charge in [0.1, 0.15) is 0 Å². The van der Waals surface area contributed by atoms with E-state index in [-0.39, 0.29) is 12.6 Å². The molecule has 1 fully saturated rings. The number of nitrogens with zero attached hydrogens (tertiary/aromatic N) is 2. The lowest BCUT2D eigenvalue weighted by atomic mass is 9.88. The molecule has 0 radical (unpaired) electrons. The maximum Gasteiger partial charge on any atom is 0.306 e. The molecule has 0 aromatic carbocycles. The first kappa shape index (κ1) is 22.6. The summed E-state index contributed by atoms with van der Waals surface area (Å²) in [4.78, 5) is 16.0. The third-order valence-corrected chi connectivity index (χ3v) is 5.29. The highest BCUT2D eigenvalue weighted by atomic mass is 16.6. The zero-order valence-electron chi connectivity index (χ0n) is 17.1. The van der Waals surface area contributed by atoms with Gasteiger partial charge in [0, 0.05) is 31.9 Å². The van der Waals surface area contributed by atoms with Crippen LogP contribution in [0, 0.1) is 5.92 Å². The van der Waals surface area contributed by atoms with E-state index in [4.69, 9.17) is 4.74 Å². The number of unbranched alkanes of at least 4 members (excludes halogenated alkanes) is 1. The number of piperazine rings is 1. The Bertz CT molecular complexity index is 582. The van der Waals surface area contributed by atoms with Crippen LogP contribution in [-0.2, 0) is 9.53 Å². The van der Waals surface area contributed by atoms with E-state index in [1.165, 1.54) is 0 Å². The summed E-state index contributed by atoms with van der Waals surface area (Å²) in [6.45, 7) is 9.98. The van der Waals surface area contributed by atoms with Gasteiger partial charge in [-0.1, -0.05) is 38.2 Å². The molecular formula is C21H35N3O4. The van der Waals surface area contributed by atoms with Gasteiger partial charge in [-0.15, -0.1) is 0 Å². The fourth-order valence-corrected chi connectivity index (χ4v) is 3.55. The van der Waals surface area contributed by atoms with Crippen LogP contribution in [0.4, 0.5) is 0 Å². The van der Waals surface area contributed by atoms with Crippen molar-refractivity contribution < 1.29 is 19.7 Å². The van der Waals surface area contributed by atoms with Crippen LogP contribution in [0.3, 0.4) is 0 Å². The summed E-state index contributed by atoms with van der Waals surface area (Å²) in [5.74, 6) is -1.25. The number of likely N-dealkylation sites (N-methyl/N-ethyl adjacent to an activating group) is 1. The van der Waals surface area contributed by atoms with Crippen molar-refractivity contribution in [3.63, 3.8) is 0 Å². The Hall–Kier alpha value is -1.67. The molecule has 2 aliphatic rings. The second-order valence-corrected chi connectivity index (χ2v) is 7.66. The van der Waals surface area contributed by atoms with Gasteiger partial charge in [0.15, 0.2) is 0 Å². The summed E-state index contributed by atoms with van der Waals surface area (Å²) in [5, 5.41) is 22.8. The van der Waals surface area contributed by atoms with Gasteiger partial charge in [0.25, 0.3) is 0 Å². The summed E-state index contributed by atoms with van der Waals surface area (Å²) in [7, 11) is 2.10. The molecule has 1 saturated heterocycles. The number of allylic oxidation sites excluding steroid dienone is 2. The maximum absolute atomic E-state index is 11.5. The molecule has 1 aliphatic carbocycles. The van der Waals surface area contributed by atoms with Gasteiger partial charge in [-0.25, -0.2) is 0 Å². The third-order valence-electron chi connectivity index (χ3n) is 5.29. The molecule has 0 amide bonds. The number of carboxylic acid groups (broad SMARTS) is 1. The first-order valence-electron chi connectivity index (χ1n) is 10.2. The summed E-state index contributed by atoms with van der Waals surface area (Å²) >= 11 is 0. The van der Waals surface area contributed by atoms with Crippen LogP contribution in [0.5, 0.6) is 0 Å². The van der Waals surface area contributed by atoms with Crippen molar-refractivity contribution >= 4 is 5.97 Å². The van der Waals surface area contributed by atoms with Gasteiger partial charge in [0.2, 0.25) is 6.41 Å². The van der Waals surface area contributed by atoms with Crippen LogP contribution in [0.2, 0.25) is 0 Å². The predicted octanol–water partition coefficient (Wildman–Crippen LogP) is 1.78. The first-order chi connectivity index (χ1) is 13.4. The standard InChI is InChI=1S/C21H35N3O4/c1-4-5-6-7-16(2)15-28-21(27)22-18-14-17(20(25)26)8-9-19(18)24-12-10-23(3)11-13-24/h6-7,9,17-18,21-22,27H,2,4-5,8,10-15H2,1,3H3,(H,25,26)/b7-6-/t17-,18-,21+/m1/s1. The smallest absolute Gasteiger partial charge is 0.306 e. The quantitative estimate of drug-likeness (QED) is 0.385. The van der Waals surface area contributed by atoms with Crippen LogP contribution >= 0.6 is 0 Å². The number of hydrogen-bond acceptors (Lipinski definition) is 6. The number of carboxylic acids is 1.